The van der Waals surface area contributed by atoms with Crippen LogP contribution in [0.25, 0.3) is 0 Å². The highest BCUT2D eigenvalue weighted by molar-refractivity contribution is 5.32. The minimum atomic E-state index is -0.873. The number of hydrogen-bond donors (Lipinski definition) is 2. The molecule has 0 amide bonds. The molecule has 3 heteroatoms. The van der Waals surface area contributed by atoms with Crippen molar-refractivity contribution in [2.75, 3.05) is 13.2 Å². The van der Waals surface area contributed by atoms with Crippen molar-refractivity contribution in [1.29, 1.82) is 0 Å². The highest BCUT2D eigenvalue weighted by Crippen LogP contribution is 2.26. The third-order valence-electron chi connectivity index (χ3n) is 2.40. The predicted octanol–water partition coefficient (Wildman–Crippen LogP) is 1.64. The lowest BCUT2D eigenvalue weighted by atomic mass is 9.92. The van der Waals surface area contributed by atoms with Crippen molar-refractivity contribution in [2.24, 2.45) is 5.73 Å². The van der Waals surface area contributed by atoms with Crippen LogP contribution in [-0.2, 0) is 5.60 Å². The van der Waals surface area contributed by atoms with Gasteiger partial charge in [-0.2, -0.15) is 0 Å². The van der Waals surface area contributed by atoms with Crippen molar-refractivity contribution >= 4 is 0 Å². The van der Waals surface area contributed by atoms with E-state index in [1.54, 1.807) is 6.92 Å². The first kappa shape index (κ1) is 12.0. The molecule has 1 rings (SSSR count). The van der Waals surface area contributed by atoms with Gasteiger partial charge in [0.1, 0.15) is 5.75 Å². The fourth-order valence-electron chi connectivity index (χ4n) is 1.51. The molecule has 1 aromatic rings. The predicted molar refractivity (Wildman–Crippen MR) is 60.9 cm³/mol. The molecular formula is C12H19NO2. The maximum Gasteiger partial charge on any atom is 0.119 e. The highest BCUT2D eigenvalue weighted by Gasteiger charge is 2.22. The molecule has 0 fully saturated rings. The molecule has 0 aliphatic heterocycles. The maximum atomic E-state index is 10.1. The van der Waals surface area contributed by atoms with Gasteiger partial charge in [0.15, 0.2) is 0 Å². The summed E-state index contributed by atoms with van der Waals surface area (Å²) in [6.45, 7) is 4.80. The Bertz CT molecular complexity index is 310. The SMILES string of the molecule is CCOc1cccc(C(C)(O)CCN)c1. The first-order chi connectivity index (χ1) is 7.10. The lowest BCUT2D eigenvalue weighted by Gasteiger charge is -2.23. The van der Waals surface area contributed by atoms with Crippen LogP contribution in [0.2, 0.25) is 0 Å². The molecule has 0 aliphatic carbocycles. The number of ether oxygens (including phenoxy) is 1. The van der Waals surface area contributed by atoms with Crippen LogP contribution in [0.4, 0.5) is 0 Å². The standard InChI is InChI=1S/C12H19NO2/c1-3-15-11-6-4-5-10(9-11)12(2,14)7-8-13/h4-6,9,14H,3,7-8,13H2,1-2H3. The second-order valence-corrected chi connectivity index (χ2v) is 3.77. The van der Waals surface area contributed by atoms with Gasteiger partial charge in [0, 0.05) is 0 Å². The van der Waals surface area contributed by atoms with Crippen LogP contribution in [0.3, 0.4) is 0 Å². The highest BCUT2D eigenvalue weighted by atomic mass is 16.5. The summed E-state index contributed by atoms with van der Waals surface area (Å²) < 4.78 is 5.38. The molecule has 15 heavy (non-hydrogen) atoms. The first-order valence-corrected chi connectivity index (χ1v) is 5.26. The third kappa shape index (κ3) is 3.22. The zero-order valence-electron chi connectivity index (χ0n) is 9.36. The van der Waals surface area contributed by atoms with Crippen molar-refractivity contribution in [3.63, 3.8) is 0 Å². The topological polar surface area (TPSA) is 55.5 Å². The van der Waals surface area contributed by atoms with Crippen LogP contribution in [0, 0.1) is 0 Å². The molecule has 1 atom stereocenters. The van der Waals surface area contributed by atoms with Gasteiger partial charge in [-0.25, -0.2) is 0 Å². The van der Waals surface area contributed by atoms with Gasteiger partial charge in [-0.15, -0.1) is 0 Å². The van der Waals surface area contributed by atoms with E-state index >= 15 is 0 Å². The van der Waals surface area contributed by atoms with E-state index in [-0.39, 0.29) is 0 Å². The molecule has 0 heterocycles. The summed E-state index contributed by atoms with van der Waals surface area (Å²) in [4.78, 5) is 0. The second kappa shape index (κ2) is 5.14. The van der Waals surface area contributed by atoms with Crippen molar-refractivity contribution < 1.29 is 9.84 Å². The van der Waals surface area contributed by atoms with E-state index in [1.807, 2.05) is 31.2 Å². The second-order valence-electron chi connectivity index (χ2n) is 3.77. The molecule has 0 saturated heterocycles. The van der Waals surface area contributed by atoms with Crippen LogP contribution in [0.15, 0.2) is 24.3 Å². The molecule has 0 saturated carbocycles. The number of aliphatic hydroxyl groups is 1. The Kier molecular flexibility index (Phi) is 4.12. The first-order valence-electron chi connectivity index (χ1n) is 5.26. The van der Waals surface area contributed by atoms with Crippen LogP contribution in [0.1, 0.15) is 25.8 Å². The maximum absolute atomic E-state index is 10.1. The molecule has 0 aromatic heterocycles. The van der Waals surface area contributed by atoms with Gasteiger partial charge in [0.25, 0.3) is 0 Å². The third-order valence-corrected chi connectivity index (χ3v) is 2.40. The molecule has 84 valence electrons. The molecule has 3 nitrogen and oxygen atoms in total. The van der Waals surface area contributed by atoms with E-state index in [9.17, 15) is 5.11 Å². The van der Waals surface area contributed by atoms with Gasteiger partial charge in [-0.3, -0.25) is 0 Å². The summed E-state index contributed by atoms with van der Waals surface area (Å²) in [5.74, 6) is 0.785. The zero-order chi connectivity index (χ0) is 11.3. The minimum Gasteiger partial charge on any atom is -0.494 e. The molecule has 1 unspecified atom stereocenters. The Labute approximate surface area is 90.9 Å². The molecule has 0 radical (unpaired) electrons. The average Bonchev–Trinajstić information content (AvgIpc) is 2.19. The fraction of sp³-hybridized carbons (Fsp3) is 0.500. The largest absolute Gasteiger partial charge is 0.494 e. The van der Waals surface area contributed by atoms with Crippen LogP contribution < -0.4 is 10.5 Å². The Morgan fingerprint density at radius 1 is 1.47 bits per heavy atom. The summed E-state index contributed by atoms with van der Waals surface area (Å²) in [6.07, 6.45) is 0.544. The van der Waals surface area contributed by atoms with Gasteiger partial charge >= 0.3 is 0 Å². The van der Waals surface area contributed by atoms with Gasteiger partial charge in [-0.1, -0.05) is 12.1 Å². The Morgan fingerprint density at radius 3 is 2.80 bits per heavy atom. The van der Waals surface area contributed by atoms with E-state index < -0.39 is 5.60 Å². The summed E-state index contributed by atoms with van der Waals surface area (Å²) >= 11 is 0. The van der Waals surface area contributed by atoms with E-state index in [1.165, 1.54) is 0 Å². The fourth-order valence-corrected chi connectivity index (χ4v) is 1.51. The van der Waals surface area contributed by atoms with Gasteiger partial charge in [-0.05, 0) is 44.5 Å². The molecular weight excluding hydrogens is 190 g/mol. The van der Waals surface area contributed by atoms with E-state index in [4.69, 9.17) is 10.5 Å². The van der Waals surface area contributed by atoms with Gasteiger partial charge in [0.2, 0.25) is 0 Å². The van der Waals surface area contributed by atoms with Gasteiger partial charge < -0.3 is 15.6 Å². The summed E-state index contributed by atoms with van der Waals surface area (Å²) in [5.41, 5.74) is 5.43. The molecule has 3 N–H and O–H groups in total. The van der Waals surface area contributed by atoms with Crippen molar-refractivity contribution in [2.45, 2.75) is 25.9 Å². The zero-order valence-corrected chi connectivity index (χ0v) is 9.36. The number of benzene rings is 1. The van der Waals surface area contributed by atoms with Crippen LogP contribution in [-0.4, -0.2) is 18.3 Å². The monoisotopic (exact) mass is 209 g/mol. The van der Waals surface area contributed by atoms with E-state index in [0.717, 1.165) is 11.3 Å². The lowest BCUT2D eigenvalue weighted by Crippen LogP contribution is -2.24. The molecule has 0 bridgehead atoms. The van der Waals surface area contributed by atoms with Crippen molar-refractivity contribution in [3.05, 3.63) is 29.8 Å². The summed E-state index contributed by atoms with van der Waals surface area (Å²) in [7, 11) is 0. The Balaban J connectivity index is 2.88. The van der Waals surface area contributed by atoms with Gasteiger partial charge in [0.05, 0.1) is 12.2 Å². The van der Waals surface area contributed by atoms with Crippen molar-refractivity contribution in [1.82, 2.24) is 0 Å². The van der Waals surface area contributed by atoms with Crippen LogP contribution in [0.5, 0.6) is 5.75 Å². The normalized spacial score (nSPS) is 14.7. The van der Waals surface area contributed by atoms with Crippen LogP contribution >= 0.6 is 0 Å². The molecule has 1 aromatic carbocycles. The lowest BCUT2D eigenvalue weighted by molar-refractivity contribution is 0.0501. The quantitative estimate of drug-likeness (QED) is 0.775. The molecule has 0 spiro atoms. The number of nitrogens with two attached hydrogens (primary N) is 1. The number of rotatable bonds is 5. The average molecular weight is 209 g/mol. The smallest absolute Gasteiger partial charge is 0.119 e. The van der Waals surface area contributed by atoms with E-state index in [2.05, 4.69) is 0 Å². The number of hydrogen-bond acceptors (Lipinski definition) is 3. The minimum absolute atomic E-state index is 0.464. The molecule has 0 aliphatic rings. The Morgan fingerprint density at radius 2 is 2.20 bits per heavy atom. The summed E-state index contributed by atoms with van der Waals surface area (Å²) in [6, 6.07) is 7.51. The Hall–Kier alpha value is -1.06. The van der Waals surface area contributed by atoms with Crippen molar-refractivity contribution in [3.8, 4) is 5.75 Å². The summed E-state index contributed by atoms with van der Waals surface area (Å²) in [5, 5.41) is 10.1. The van der Waals surface area contributed by atoms with E-state index in [0.29, 0.717) is 19.6 Å².